The maximum Gasteiger partial charge on any atom is 0.269 e. The molecule has 0 aromatic heterocycles. The number of thioether (sulfide) groups is 1. The van der Waals surface area contributed by atoms with Gasteiger partial charge in [-0.05, 0) is 43.4 Å². The van der Waals surface area contributed by atoms with Crippen LogP contribution in [0.3, 0.4) is 0 Å². The maximum atomic E-state index is 10.8. The summed E-state index contributed by atoms with van der Waals surface area (Å²) in [6.07, 6.45) is 3.24. The van der Waals surface area contributed by atoms with Crippen LogP contribution in [0.2, 0.25) is 0 Å². The first-order valence-corrected chi connectivity index (χ1v) is 11.2. The summed E-state index contributed by atoms with van der Waals surface area (Å²) in [5.41, 5.74) is 0.998. The molecule has 3 rings (SSSR count). The number of guanidine groups is 1. The zero-order chi connectivity index (χ0) is 21.2. The first-order valence-electron chi connectivity index (χ1n) is 10.2. The molecule has 2 aromatic rings. The average molecular weight is 429 g/mol. The van der Waals surface area contributed by atoms with Crippen LogP contribution in [0.4, 0.5) is 5.69 Å². The summed E-state index contributed by atoms with van der Waals surface area (Å²) < 4.78 is 0. The molecule has 0 aliphatic heterocycles. The second-order valence-corrected chi connectivity index (χ2v) is 8.49. The minimum absolute atomic E-state index is 0.0814. The highest BCUT2D eigenvalue weighted by Gasteiger charge is 2.20. The molecule has 0 heterocycles. The summed E-state index contributed by atoms with van der Waals surface area (Å²) in [7, 11) is 0. The number of aliphatic hydroxyl groups is 1. The number of benzene rings is 2. The molecule has 0 amide bonds. The lowest BCUT2D eigenvalue weighted by molar-refractivity contribution is -0.384. The summed E-state index contributed by atoms with van der Waals surface area (Å²) >= 11 is 1.79. The average Bonchev–Trinajstić information content (AvgIpc) is 2.77. The Morgan fingerprint density at radius 1 is 1.10 bits per heavy atom. The summed E-state index contributed by atoms with van der Waals surface area (Å²) in [5, 5.41) is 27.4. The number of hydrogen-bond donors (Lipinski definition) is 3. The number of hydrogen-bond acceptors (Lipinski definition) is 5. The molecule has 160 valence electrons. The van der Waals surface area contributed by atoms with Crippen molar-refractivity contribution in [1.82, 2.24) is 10.6 Å². The number of aliphatic hydroxyl groups excluding tert-OH is 1. The molecule has 30 heavy (non-hydrogen) atoms. The number of nitro benzene ring substituents is 1. The molecule has 0 saturated heterocycles. The van der Waals surface area contributed by atoms with Gasteiger partial charge in [0.05, 0.1) is 17.6 Å². The normalized spacial score (nSPS) is 19.3. The van der Waals surface area contributed by atoms with Gasteiger partial charge in [0.2, 0.25) is 0 Å². The minimum atomic E-state index is -0.399. The van der Waals surface area contributed by atoms with E-state index in [0.717, 1.165) is 49.5 Å². The van der Waals surface area contributed by atoms with Gasteiger partial charge in [0, 0.05) is 35.4 Å². The van der Waals surface area contributed by atoms with Crippen LogP contribution in [-0.4, -0.2) is 40.4 Å². The van der Waals surface area contributed by atoms with Gasteiger partial charge < -0.3 is 15.7 Å². The van der Waals surface area contributed by atoms with E-state index in [0.29, 0.717) is 12.6 Å². The van der Waals surface area contributed by atoms with Gasteiger partial charge in [-0.1, -0.05) is 30.3 Å². The van der Waals surface area contributed by atoms with Gasteiger partial charge in [0.25, 0.3) is 5.69 Å². The highest BCUT2D eigenvalue weighted by Crippen LogP contribution is 2.19. The Labute approximate surface area is 181 Å². The van der Waals surface area contributed by atoms with Gasteiger partial charge in [-0.3, -0.25) is 10.1 Å². The Hall–Kier alpha value is -2.58. The Morgan fingerprint density at radius 2 is 1.80 bits per heavy atom. The molecule has 7 nitrogen and oxygen atoms in total. The van der Waals surface area contributed by atoms with Crippen molar-refractivity contribution < 1.29 is 10.0 Å². The Kier molecular flexibility index (Phi) is 8.53. The first kappa shape index (κ1) is 22.1. The van der Waals surface area contributed by atoms with E-state index in [1.165, 1.54) is 17.0 Å². The van der Waals surface area contributed by atoms with Gasteiger partial charge in [-0.25, -0.2) is 4.99 Å². The van der Waals surface area contributed by atoms with Crippen molar-refractivity contribution in [1.29, 1.82) is 0 Å². The topological polar surface area (TPSA) is 99.8 Å². The highest BCUT2D eigenvalue weighted by molar-refractivity contribution is 7.99. The third-order valence-electron chi connectivity index (χ3n) is 5.01. The molecular weight excluding hydrogens is 400 g/mol. The van der Waals surface area contributed by atoms with Crippen LogP contribution < -0.4 is 10.6 Å². The SMILES string of the molecule is O=[N+]([O-])c1ccc(CN=C(NCCSc2ccccc2)NC2CCC(O)CC2)cc1. The van der Waals surface area contributed by atoms with Crippen LogP contribution in [0, 0.1) is 10.1 Å². The smallest absolute Gasteiger partial charge is 0.269 e. The van der Waals surface area contributed by atoms with E-state index in [-0.39, 0.29) is 11.8 Å². The lowest BCUT2D eigenvalue weighted by Crippen LogP contribution is -2.46. The van der Waals surface area contributed by atoms with E-state index in [1.807, 2.05) is 18.2 Å². The van der Waals surface area contributed by atoms with Crippen LogP contribution in [-0.2, 0) is 6.54 Å². The lowest BCUT2D eigenvalue weighted by Gasteiger charge is -2.27. The number of non-ortho nitro benzene ring substituents is 1. The van der Waals surface area contributed by atoms with Crippen LogP contribution >= 0.6 is 11.8 Å². The zero-order valence-corrected chi connectivity index (χ0v) is 17.7. The van der Waals surface area contributed by atoms with Crippen molar-refractivity contribution in [2.45, 2.75) is 49.3 Å². The molecule has 0 atom stereocenters. The molecule has 1 saturated carbocycles. The number of nitrogens with one attached hydrogen (secondary N) is 2. The van der Waals surface area contributed by atoms with E-state index in [9.17, 15) is 15.2 Å². The summed E-state index contributed by atoms with van der Waals surface area (Å²) in [6.45, 7) is 1.20. The molecule has 2 aromatic carbocycles. The molecule has 0 bridgehead atoms. The summed E-state index contributed by atoms with van der Waals surface area (Å²) in [6, 6.07) is 17.0. The van der Waals surface area contributed by atoms with Crippen LogP contribution in [0.25, 0.3) is 0 Å². The second-order valence-electron chi connectivity index (χ2n) is 7.33. The van der Waals surface area contributed by atoms with Gasteiger partial charge in [-0.2, -0.15) is 0 Å². The van der Waals surface area contributed by atoms with Gasteiger partial charge >= 0.3 is 0 Å². The first-order chi connectivity index (χ1) is 14.6. The van der Waals surface area contributed by atoms with Crippen molar-refractivity contribution in [3.05, 3.63) is 70.3 Å². The van der Waals surface area contributed by atoms with Crippen LogP contribution in [0.5, 0.6) is 0 Å². The maximum absolute atomic E-state index is 10.8. The van der Waals surface area contributed by atoms with E-state index in [2.05, 4.69) is 27.8 Å². The molecule has 3 N–H and O–H groups in total. The summed E-state index contributed by atoms with van der Waals surface area (Å²) in [5.74, 6) is 1.65. The second kappa shape index (κ2) is 11.6. The molecular formula is C22H28N4O3S. The van der Waals surface area contributed by atoms with E-state index in [1.54, 1.807) is 23.9 Å². The van der Waals surface area contributed by atoms with E-state index < -0.39 is 4.92 Å². The Bertz CT molecular complexity index is 822. The van der Waals surface area contributed by atoms with Gasteiger partial charge in [0.15, 0.2) is 5.96 Å². The van der Waals surface area contributed by atoms with Crippen molar-refractivity contribution >= 4 is 23.4 Å². The van der Waals surface area contributed by atoms with Gasteiger partial charge in [-0.15, -0.1) is 11.8 Å². The monoisotopic (exact) mass is 428 g/mol. The zero-order valence-electron chi connectivity index (χ0n) is 16.9. The number of nitrogens with zero attached hydrogens (tertiary/aromatic N) is 2. The molecule has 1 aliphatic rings. The predicted octanol–water partition coefficient (Wildman–Crippen LogP) is 3.73. The van der Waals surface area contributed by atoms with E-state index in [4.69, 9.17) is 0 Å². The summed E-state index contributed by atoms with van der Waals surface area (Å²) in [4.78, 5) is 16.3. The lowest BCUT2D eigenvalue weighted by atomic mass is 9.93. The van der Waals surface area contributed by atoms with Crippen molar-refractivity contribution in [3.8, 4) is 0 Å². The number of aliphatic imine (C=N–C) groups is 1. The highest BCUT2D eigenvalue weighted by atomic mass is 32.2. The van der Waals surface area contributed by atoms with Gasteiger partial charge in [0.1, 0.15) is 0 Å². The molecule has 1 fully saturated rings. The third kappa shape index (κ3) is 7.35. The quantitative estimate of drug-likeness (QED) is 0.148. The molecule has 8 heteroatoms. The standard InChI is InChI=1S/C22H28N4O3S/c27-20-12-8-18(9-13-20)25-22(23-14-15-30-21-4-2-1-3-5-21)24-16-17-6-10-19(11-7-17)26(28)29/h1-7,10-11,18,20,27H,8-9,12-16H2,(H2,23,24,25). The Balaban J connectivity index is 1.56. The molecule has 0 spiro atoms. The number of nitro groups is 1. The fraction of sp³-hybridized carbons (Fsp3) is 0.409. The fourth-order valence-electron chi connectivity index (χ4n) is 3.31. The van der Waals surface area contributed by atoms with Crippen molar-refractivity contribution in [2.24, 2.45) is 4.99 Å². The van der Waals surface area contributed by atoms with Crippen LogP contribution in [0.1, 0.15) is 31.2 Å². The Morgan fingerprint density at radius 3 is 2.47 bits per heavy atom. The minimum Gasteiger partial charge on any atom is -0.393 e. The predicted molar refractivity (Wildman–Crippen MR) is 121 cm³/mol. The molecule has 0 radical (unpaired) electrons. The van der Waals surface area contributed by atoms with Crippen LogP contribution in [0.15, 0.2) is 64.5 Å². The molecule has 0 unspecified atom stereocenters. The van der Waals surface area contributed by atoms with E-state index >= 15 is 0 Å². The third-order valence-corrected chi connectivity index (χ3v) is 6.02. The van der Waals surface area contributed by atoms with Crippen molar-refractivity contribution in [3.63, 3.8) is 0 Å². The molecule has 1 aliphatic carbocycles. The van der Waals surface area contributed by atoms with Crippen molar-refractivity contribution in [2.75, 3.05) is 12.3 Å². The number of rotatable bonds is 8. The largest absolute Gasteiger partial charge is 0.393 e. The fourth-order valence-corrected chi connectivity index (χ4v) is 4.10.